The smallest absolute Gasteiger partial charge is 0.252 e. The fourth-order valence-corrected chi connectivity index (χ4v) is 5.12. The second-order valence-corrected chi connectivity index (χ2v) is 8.87. The first-order valence-corrected chi connectivity index (χ1v) is 9.13. The van der Waals surface area contributed by atoms with Gasteiger partial charge in [-0.3, -0.25) is 0 Å². The summed E-state index contributed by atoms with van der Waals surface area (Å²) in [6.07, 6.45) is 5.64. The number of nitrogens with one attached hydrogen (secondary N) is 1. The summed E-state index contributed by atoms with van der Waals surface area (Å²) in [5.41, 5.74) is 0. The van der Waals surface area contributed by atoms with Gasteiger partial charge in [-0.05, 0) is 37.8 Å². The first kappa shape index (κ1) is 13.5. The summed E-state index contributed by atoms with van der Waals surface area (Å²) < 4.78 is 26.9. The number of rotatable bonds is 6. The summed E-state index contributed by atoms with van der Waals surface area (Å²) in [5, 5.41) is 3.41. The average molecular weight is 300 g/mol. The predicted octanol–water partition coefficient (Wildman–Crippen LogP) is 2.17. The number of hydrogen-bond donors (Lipinski definition) is 1. The highest BCUT2D eigenvalue weighted by molar-refractivity contribution is 7.91. The Morgan fingerprint density at radius 2 is 2.05 bits per heavy atom. The van der Waals surface area contributed by atoms with Gasteiger partial charge < -0.3 is 5.32 Å². The van der Waals surface area contributed by atoms with E-state index in [0.717, 1.165) is 30.7 Å². The molecule has 0 atom stereocenters. The molecule has 1 N–H and O–H groups in total. The first-order chi connectivity index (χ1) is 9.07. The number of thiophene rings is 1. The van der Waals surface area contributed by atoms with Gasteiger partial charge in [0.25, 0.3) is 10.0 Å². The summed E-state index contributed by atoms with van der Waals surface area (Å²) in [6, 6.07) is 4.54. The SMILES string of the molecule is CN(C1CCC1)S(=O)(=O)c1ccc(CNC2CC2)s1. The Morgan fingerprint density at radius 1 is 1.32 bits per heavy atom. The summed E-state index contributed by atoms with van der Waals surface area (Å²) in [4.78, 5) is 1.10. The van der Waals surface area contributed by atoms with Crippen molar-refractivity contribution in [1.29, 1.82) is 0 Å². The van der Waals surface area contributed by atoms with Crippen molar-refractivity contribution in [3.05, 3.63) is 17.0 Å². The van der Waals surface area contributed by atoms with Gasteiger partial charge in [0.1, 0.15) is 4.21 Å². The van der Waals surface area contributed by atoms with E-state index in [-0.39, 0.29) is 6.04 Å². The normalized spacial score (nSPS) is 20.7. The van der Waals surface area contributed by atoms with Crippen molar-refractivity contribution in [2.24, 2.45) is 0 Å². The maximum absolute atomic E-state index is 12.4. The van der Waals surface area contributed by atoms with Crippen molar-refractivity contribution in [2.45, 2.75) is 54.9 Å². The van der Waals surface area contributed by atoms with Crippen molar-refractivity contribution >= 4 is 21.4 Å². The topological polar surface area (TPSA) is 49.4 Å². The predicted molar refractivity (Wildman–Crippen MR) is 76.8 cm³/mol. The largest absolute Gasteiger partial charge is 0.309 e. The molecule has 4 nitrogen and oxygen atoms in total. The van der Waals surface area contributed by atoms with Gasteiger partial charge in [-0.2, -0.15) is 4.31 Å². The highest BCUT2D eigenvalue weighted by Crippen LogP contribution is 2.31. The average Bonchev–Trinajstić information content (AvgIpc) is 3.01. The number of sulfonamides is 1. The van der Waals surface area contributed by atoms with E-state index >= 15 is 0 Å². The molecular formula is C13H20N2O2S2. The van der Waals surface area contributed by atoms with Crippen molar-refractivity contribution in [2.75, 3.05) is 7.05 Å². The Kier molecular flexibility index (Phi) is 3.68. The molecule has 0 aromatic carbocycles. The third-order valence-corrected chi connectivity index (χ3v) is 7.46. The molecule has 6 heteroatoms. The van der Waals surface area contributed by atoms with Crippen molar-refractivity contribution in [1.82, 2.24) is 9.62 Å². The van der Waals surface area contributed by atoms with Gasteiger partial charge in [0.15, 0.2) is 0 Å². The molecule has 106 valence electrons. The molecule has 0 radical (unpaired) electrons. The van der Waals surface area contributed by atoms with Crippen LogP contribution in [0.2, 0.25) is 0 Å². The Morgan fingerprint density at radius 3 is 2.63 bits per heavy atom. The van der Waals surface area contributed by atoms with E-state index in [0.29, 0.717) is 10.3 Å². The van der Waals surface area contributed by atoms with E-state index in [1.807, 2.05) is 6.07 Å². The molecule has 2 fully saturated rings. The third-order valence-electron chi connectivity index (χ3n) is 4.00. The zero-order valence-electron chi connectivity index (χ0n) is 11.1. The summed E-state index contributed by atoms with van der Waals surface area (Å²) >= 11 is 1.40. The second kappa shape index (κ2) is 5.16. The summed E-state index contributed by atoms with van der Waals surface area (Å²) in [5.74, 6) is 0. The minimum atomic E-state index is -3.28. The highest BCUT2D eigenvalue weighted by Gasteiger charge is 2.32. The molecule has 1 heterocycles. The monoisotopic (exact) mass is 300 g/mol. The lowest BCUT2D eigenvalue weighted by molar-refractivity contribution is 0.250. The molecule has 0 amide bonds. The van der Waals surface area contributed by atoms with Crippen LogP contribution in [0.25, 0.3) is 0 Å². The molecule has 3 rings (SSSR count). The zero-order valence-corrected chi connectivity index (χ0v) is 12.8. The second-order valence-electron chi connectivity index (χ2n) is 5.48. The lowest BCUT2D eigenvalue weighted by atomic mass is 9.94. The lowest BCUT2D eigenvalue weighted by Crippen LogP contribution is -2.40. The van der Waals surface area contributed by atoms with E-state index < -0.39 is 10.0 Å². The van der Waals surface area contributed by atoms with E-state index in [4.69, 9.17) is 0 Å². The molecule has 2 saturated carbocycles. The van der Waals surface area contributed by atoms with Gasteiger partial charge in [0, 0.05) is 30.6 Å². The Hall–Kier alpha value is -0.430. The Balaban J connectivity index is 1.69. The molecule has 0 bridgehead atoms. The molecule has 19 heavy (non-hydrogen) atoms. The molecule has 1 aromatic rings. The van der Waals surface area contributed by atoms with Gasteiger partial charge in [0.05, 0.1) is 0 Å². The highest BCUT2D eigenvalue weighted by atomic mass is 32.2. The molecule has 0 aliphatic heterocycles. The lowest BCUT2D eigenvalue weighted by Gasteiger charge is -2.33. The standard InChI is InChI=1S/C13H20N2O2S2/c1-15(11-3-2-4-11)19(16,17)13-8-7-12(18-13)9-14-10-5-6-10/h7-8,10-11,14H,2-6,9H2,1H3. The van der Waals surface area contributed by atoms with Crippen LogP contribution in [0.3, 0.4) is 0 Å². The Bertz CT molecular complexity index is 545. The molecule has 2 aliphatic rings. The van der Waals surface area contributed by atoms with Crippen LogP contribution in [0.1, 0.15) is 37.0 Å². The van der Waals surface area contributed by atoms with Crippen LogP contribution in [-0.4, -0.2) is 31.9 Å². The molecule has 0 saturated heterocycles. The van der Waals surface area contributed by atoms with E-state index in [9.17, 15) is 8.42 Å². The van der Waals surface area contributed by atoms with Crippen molar-refractivity contribution in [3.8, 4) is 0 Å². The van der Waals surface area contributed by atoms with Gasteiger partial charge in [-0.15, -0.1) is 11.3 Å². The van der Waals surface area contributed by atoms with Gasteiger partial charge in [-0.25, -0.2) is 8.42 Å². The minimum absolute atomic E-state index is 0.208. The van der Waals surface area contributed by atoms with Crippen molar-refractivity contribution in [3.63, 3.8) is 0 Å². The van der Waals surface area contributed by atoms with Crippen LogP contribution in [0, 0.1) is 0 Å². The van der Waals surface area contributed by atoms with Crippen molar-refractivity contribution < 1.29 is 8.42 Å². The van der Waals surface area contributed by atoms with Crippen LogP contribution in [-0.2, 0) is 16.6 Å². The summed E-state index contributed by atoms with van der Waals surface area (Å²) in [6.45, 7) is 0.790. The quantitative estimate of drug-likeness (QED) is 0.876. The van der Waals surface area contributed by atoms with E-state index in [1.165, 1.54) is 24.2 Å². The first-order valence-electron chi connectivity index (χ1n) is 6.87. The fraction of sp³-hybridized carbons (Fsp3) is 0.692. The molecule has 1 aromatic heterocycles. The summed E-state index contributed by atoms with van der Waals surface area (Å²) in [7, 11) is -1.57. The van der Waals surface area contributed by atoms with Crippen LogP contribution >= 0.6 is 11.3 Å². The third kappa shape index (κ3) is 2.86. The van der Waals surface area contributed by atoms with Crippen LogP contribution in [0.15, 0.2) is 16.3 Å². The van der Waals surface area contributed by atoms with Crippen LogP contribution in [0.5, 0.6) is 0 Å². The zero-order chi connectivity index (χ0) is 13.5. The maximum atomic E-state index is 12.4. The van der Waals surface area contributed by atoms with Crippen LogP contribution in [0.4, 0.5) is 0 Å². The Labute approximate surface area is 118 Å². The van der Waals surface area contributed by atoms with Gasteiger partial charge in [0.2, 0.25) is 0 Å². The molecule has 0 unspecified atom stereocenters. The number of hydrogen-bond acceptors (Lipinski definition) is 4. The van der Waals surface area contributed by atoms with Gasteiger partial charge in [-0.1, -0.05) is 6.42 Å². The molecule has 2 aliphatic carbocycles. The van der Waals surface area contributed by atoms with Gasteiger partial charge >= 0.3 is 0 Å². The number of nitrogens with zero attached hydrogens (tertiary/aromatic N) is 1. The molecular weight excluding hydrogens is 280 g/mol. The van der Waals surface area contributed by atoms with Crippen LogP contribution < -0.4 is 5.32 Å². The van der Waals surface area contributed by atoms with E-state index in [1.54, 1.807) is 17.4 Å². The maximum Gasteiger partial charge on any atom is 0.252 e. The van der Waals surface area contributed by atoms with E-state index in [2.05, 4.69) is 5.32 Å². The fourth-order valence-electron chi connectivity index (χ4n) is 2.21. The minimum Gasteiger partial charge on any atom is -0.309 e. The molecule has 0 spiro atoms.